The lowest BCUT2D eigenvalue weighted by molar-refractivity contribution is -0.126. The number of aromatic nitrogens is 2. The Morgan fingerprint density at radius 2 is 1.81 bits per heavy atom. The molecule has 148 valence electrons. The molecule has 0 aliphatic rings. The zero-order chi connectivity index (χ0) is 19.9. The van der Waals surface area contributed by atoms with Gasteiger partial charge in [-0.2, -0.15) is 4.98 Å². The summed E-state index contributed by atoms with van der Waals surface area (Å²) < 4.78 is 11.3. The van der Waals surface area contributed by atoms with Crippen molar-refractivity contribution in [3.8, 4) is 5.88 Å². The van der Waals surface area contributed by atoms with Crippen LogP contribution in [0.15, 0.2) is 0 Å². The fraction of sp³-hybridized carbons (Fsp3) is 0.750. The zero-order valence-corrected chi connectivity index (χ0v) is 17.5. The smallest absolute Gasteiger partial charge is 0.223 e. The monoisotopic (exact) mass is 365 g/mol. The van der Waals surface area contributed by atoms with Gasteiger partial charge in [0.25, 0.3) is 0 Å². The summed E-state index contributed by atoms with van der Waals surface area (Å²) in [4.78, 5) is 21.6. The summed E-state index contributed by atoms with van der Waals surface area (Å²) in [5.41, 5.74) is 1.77. The number of ether oxygens (including phenoxy) is 2. The molecule has 0 spiro atoms. The first-order chi connectivity index (χ1) is 12.2. The van der Waals surface area contributed by atoms with Gasteiger partial charge >= 0.3 is 0 Å². The minimum Gasteiger partial charge on any atom is -0.472 e. The Balaban J connectivity index is 3.09. The highest BCUT2D eigenvalue weighted by Gasteiger charge is 2.26. The molecule has 6 nitrogen and oxygen atoms in total. The summed E-state index contributed by atoms with van der Waals surface area (Å²) >= 11 is 0. The van der Waals surface area contributed by atoms with E-state index in [-0.39, 0.29) is 29.9 Å². The van der Waals surface area contributed by atoms with E-state index in [2.05, 4.69) is 36.1 Å². The number of rotatable bonds is 10. The lowest BCUT2D eigenvalue weighted by Crippen LogP contribution is -2.39. The van der Waals surface area contributed by atoms with Gasteiger partial charge in [-0.05, 0) is 40.0 Å². The van der Waals surface area contributed by atoms with E-state index in [1.807, 2.05) is 27.7 Å². The fourth-order valence-corrected chi connectivity index (χ4v) is 2.78. The van der Waals surface area contributed by atoms with Crippen LogP contribution in [-0.4, -0.2) is 41.7 Å². The maximum Gasteiger partial charge on any atom is 0.223 e. The molecule has 0 aliphatic heterocycles. The second-order valence-corrected chi connectivity index (χ2v) is 7.47. The Morgan fingerprint density at radius 1 is 1.15 bits per heavy atom. The molecule has 0 fully saturated rings. The van der Waals surface area contributed by atoms with Crippen molar-refractivity contribution < 1.29 is 14.3 Å². The van der Waals surface area contributed by atoms with Gasteiger partial charge < -0.3 is 14.8 Å². The van der Waals surface area contributed by atoms with Crippen molar-refractivity contribution in [1.29, 1.82) is 0 Å². The second-order valence-electron chi connectivity index (χ2n) is 7.47. The van der Waals surface area contributed by atoms with E-state index in [4.69, 9.17) is 9.47 Å². The van der Waals surface area contributed by atoms with Crippen LogP contribution in [0.2, 0.25) is 0 Å². The molecule has 1 aromatic rings. The highest BCUT2D eigenvalue weighted by atomic mass is 16.5. The lowest BCUT2D eigenvalue weighted by atomic mass is 9.89. The molecule has 1 N–H and O–H groups in total. The highest BCUT2D eigenvalue weighted by Crippen LogP contribution is 2.25. The third kappa shape index (κ3) is 6.56. The number of aryl methyl sites for hydroxylation is 1. The second kappa shape index (κ2) is 10.5. The van der Waals surface area contributed by atoms with Crippen molar-refractivity contribution in [2.24, 2.45) is 11.8 Å². The summed E-state index contributed by atoms with van der Waals surface area (Å²) in [7, 11) is 1.66. The molecule has 0 saturated carbocycles. The standard InChI is InChI=1S/C20H35N3O3/c1-9-16(11-25-8)26-20-14(6)18(22-15(7)23-20)10-17(12(2)3)19(24)21-13(4)5/h12-13,16-17H,9-11H2,1-8H3,(H,21,24). The largest absolute Gasteiger partial charge is 0.472 e. The maximum atomic E-state index is 12.6. The molecule has 2 unspecified atom stereocenters. The molecular formula is C20H35N3O3. The van der Waals surface area contributed by atoms with E-state index in [0.29, 0.717) is 24.7 Å². The van der Waals surface area contributed by atoms with Gasteiger partial charge in [-0.15, -0.1) is 0 Å². The van der Waals surface area contributed by atoms with Crippen molar-refractivity contribution in [3.05, 3.63) is 17.1 Å². The topological polar surface area (TPSA) is 73.3 Å². The molecule has 26 heavy (non-hydrogen) atoms. The van der Waals surface area contributed by atoms with Crippen molar-refractivity contribution in [1.82, 2.24) is 15.3 Å². The SMILES string of the molecule is CCC(COC)Oc1nc(C)nc(CC(C(=O)NC(C)C)C(C)C)c1C. The number of hydrogen-bond donors (Lipinski definition) is 1. The number of carbonyl (C=O) groups excluding carboxylic acids is 1. The molecule has 0 aromatic carbocycles. The number of hydrogen-bond acceptors (Lipinski definition) is 5. The molecule has 2 atom stereocenters. The quantitative estimate of drug-likeness (QED) is 0.689. The Morgan fingerprint density at radius 3 is 2.31 bits per heavy atom. The number of methoxy groups -OCH3 is 1. The molecule has 1 amide bonds. The third-order valence-corrected chi connectivity index (χ3v) is 4.39. The molecule has 0 radical (unpaired) electrons. The Kier molecular flexibility index (Phi) is 8.99. The number of nitrogens with one attached hydrogen (secondary N) is 1. The van der Waals surface area contributed by atoms with Crippen LogP contribution < -0.4 is 10.1 Å². The first-order valence-electron chi connectivity index (χ1n) is 9.49. The van der Waals surface area contributed by atoms with Gasteiger partial charge in [-0.1, -0.05) is 20.8 Å². The van der Waals surface area contributed by atoms with Crippen LogP contribution >= 0.6 is 0 Å². The van der Waals surface area contributed by atoms with Crippen LogP contribution in [0.4, 0.5) is 0 Å². The first kappa shape index (κ1) is 22.4. The summed E-state index contributed by atoms with van der Waals surface area (Å²) in [6.07, 6.45) is 1.35. The van der Waals surface area contributed by atoms with E-state index in [0.717, 1.165) is 17.7 Å². The van der Waals surface area contributed by atoms with E-state index < -0.39 is 0 Å². The van der Waals surface area contributed by atoms with Crippen molar-refractivity contribution >= 4 is 5.91 Å². The molecule has 1 rings (SSSR count). The molecular weight excluding hydrogens is 330 g/mol. The van der Waals surface area contributed by atoms with Gasteiger partial charge in [-0.3, -0.25) is 4.79 Å². The zero-order valence-electron chi connectivity index (χ0n) is 17.5. The summed E-state index contributed by atoms with van der Waals surface area (Å²) in [5.74, 6) is 1.38. The Hall–Kier alpha value is -1.69. The van der Waals surface area contributed by atoms with Crippen LogP contribution in [0, 0.1) is 25.7 Å². The fourth-order valence-electron chi connectivity index (χ4n) is 2.78. The van der Waals surface area contributed by atoms with E-state index in [9.17, 15) is 4.79 Å². The average molecular weight is 366 g/mol. The summed E-state index contributed by atoms with van der Waals surface area (Å²) in [5, 5.41) is 3.02. The molecule has 0 aliphatic carbocycles. The number of amides is 1. The van der Waals surface area contributed by atoms with Crippen LogP contribution in [0.3, 0.4) is 0 Å². The van der Waals surface area contributed by atoms with Gasteiger partial charge in [-0.25, -0.2) is 4.98 Å². The summed E-state index contributed by atoms with van der Waals surface area (Å²) in [6, 6.07) is 0.121. The molecule has 1 heterocycles. The van der Waals surface area contributed by atoms with Crippen LogP contribution in [0.1, 0.15) is 58.1 Å². The van der Waals surface area contributed by atoms with Crippen molar-refractivity contribution in [2.45, 2.75) is 73.5 Å². The molecule has 0 saturated heterocycles. The predicted octanol–water partition coefficient (Wildman–Crippen LogP) is 3.24. The minimum absolute atomic E-state index is 0.0500. The van der Waals surface area contributed by atoms with E-state index in [1.54, 1.807) is 7.11 Å². The Labute approximate surface area is 158 Å². The van der Waals surface area contributed by atoms with E-state index >= 15 is 0 Å². The maximum absolute atomic E-state index is 12.6. The highest BCUT2D eigenvalue weighted by molar-refractivity contribution is 5.79. The first-order valence-corrected chi connectivity index (χ1v) is 9.49. The van der Waals surface area contributed by atoms with Crippen LogP contribution in [0.25, 0.3) is 0 Å². The van der Waals surface area contributed by atoms with Crippen molar-refractivity contribution in [3.63, 3.8) is 0 Å². The van der Waals surface area contributed by atoms with Crippen molar-refractivity contribution in [2.75, 3.05) is 13.7 Å². The lowest BCUT2D eigenvalue weighted by Gasteiger charge is -2.23. The van der Waals surface area contributed by atoms with Crippen LogP contribution in [0.5, 0.6) is 5.88 Å². The molecule has 1 aromatic heterocycles. The molecule has 6 heteroatoms. The van der Waals surface area contributed by atoms with Gasteiger partial charge in [0, 0.05) is 31.1 Å². The third-order valence-electron chi connectivity index (χ3n) is 4.39. The predicted molar refractivity (Wildman–Crippen MR) is 103 cm³/mol. The number of nitrogens with zero attached hydrogens (tertiary/aromatic N) is 2. The Bertz CT molecular complexity index is 588. The van der Waals surface area contributed by atoms with Gasteiger partial charge in [0.1, 0.15) is 11.9 Å². The summed E-state index contributed by atoms with van der Waals surface area (Å²) in [6.45, 7) is 14.5. The molecule has 0 bridgehead atoms. The van der Waals surface area contributed by atoms with Gasteiger partial charge in [0.15, 0.2) is 0 Å². The van der Waals surface area contributed by atoms with Gasteiger partial charge in [0.2, 0.25) is 11.8 Å². The number of carbonyl (C=O) groups is 1. The minimum atomic E-state index is -0.140. The average Bonchev–Trinajstić information content (AvgIpc) is 2.54. The van der Waals surface area contributed by atoms with Gasteiger partial charge in [0.05, 0.1) is 12.3 Å². The van der Waals surface area contributed by atoms with Crippen LogP contribution in [-0.2, 0) is 16.0 Å². The normalized spacial score (nSPS) is 13.8. The van der Waals surface area contributed by atoms with E-state index in [1.165, 1.54) is 0 Å².